The van der Waals surface area contributed by atoms with Gasteiger partial charge in [0.2, 0.25) is 0 Å². The lowest BCUT2D eigenvalue weighted by atomic mass is 10.1. The molecule has 7 heteroatoms. The minimum absolute atomic E-state index is 0.309. The summed E-state index contributed by atoms with van der Waals surface area (Å²) < 4.78 is 5.21. The molecule has 1 aromatic heterocycles. The number of carbonyl (C=O) groups excluding carboxylic acids is 1. The van der Waals surface area contributed by atoms with E-state index in [1.54, 1.807) is 25.3 Å². The molecule has 0 saturated carbocycles. The Balaban J connectivity index is 1.52. The van der Waals surface area contributed by atoms with Crippen molar-refractivity contribution in [3.63, 3.8) is 0 Å². The number of hydrogen-bond donors (Lipinski definition) is 3. The summed E-state index contributed by atoms with van der Waals surface area (Å²) in [5.74, 6) is 1.53. The molecule has 3 N–H and O–H groups in total. The van der Waals surface area contributed by atoms with Gasteiger partial charge in [0.05, 0.1) is 12.8 Å². The molecule has 1 aromatic carbocycles. The fourth-order valence-electron chi connectivity index (χ4n) is 2.76. The van der Waals surface area contributed by atoms with E-state index >= 15 is 0 Å². The van der Waals surface area contributed by atoms with E-state index in [4.69, 9.17) is 16.3 Å². The van der Waals surface area contributed by atoms with Gasteiger partial charge in [-0.15, -0.1) is 0 Å². The topological polar surface area (TPSA) is 75.3 Å². The van der Waals surface area contributed by atoms with Crippen molar-refractivity contribution in [2.75, 3.05) is 30.8 Å². The number of methoxy groups -OCH3 is 1. The van der Waals surface area contributed by atoms with Crippen LogP contribution in [0.3, 0.4) is 0 Å². The van der Waals surface area contributed by atoms with Crippen LogP contribution in [0.15, 0.2) is 30.3 Å². The third-order valence-electron chi connectivity index (χ3n) is 4.03. The molecule has 0 atom stereocenters. The van der Waals surface area contributed by atoms with Gasteiger partial charge in [0.15, 0.2) is 0 Å². The Morgan fingerprint density at radius 1 is 1.36 bits per heavy atom. The van der Waals surface area contributed by atoms with Gasteiger partial charge < -0.3 is 20.7 Å². The maximum Gasteiger partial charge on any atom is 0.319 e. The first kappa shape index (κ1) is 17.4. The fourth-order valence-corrected chi connectivity index (χ4v) is 2.93. The lowest BCUT2D eigenvalue weighted by Crippen LogP contribution is -2.30. The smallest absolute Gasteiger partial charge is 0.319 e. The van der Waals surface area contributed by atoms with Crippen LogP contribution in [0, 0.1) is 0 Å². The molecule has 1 aliphatic rings. The first-order chi connectivity index (χ1) is 12.2. The second-order valence-electron chi connectivity index (χ2n) is 5.82. The second-order valence-corrected chi connectivity index (χ2v) is 6.25. The number of urea groups is 1. The zero-order valence-electron chi connectivity index (χ0n) is 14.1. The molecular formula is C18H21ClN4O2. The highest BCUT2D eigenvalue weighted by Crippen LogP contribution is 2.27. The van der Waals surface area contributed by atoms with E-state index in [0.29, 0.717) is 29.4 Å². The van der Waals surface area contributed by atoms with Crippen LogP contribution in [-0.2, 0) is 12.8 Å². The lowest BCUT2D eigenvalue weighted by molar-refractivity contribution is 0.252. The predicted molar refractivity (Wildman–Crippen MR) is 99.8 cm³/mol. The van der Waals surface area contributed by atoms with E-state index in [-0.39, 0.29) is 6.03 Å². The van der Waals surface area contributed by atoms with Crippen molar-refractivity contribution in [3.8, 4) is 5.75 Å². The molecule has 2 heterocycles. The molecule has 6 nitrogen and oxygen atoms in total. The minimum Gasteiger partial charge on any atom is -0.495 e. The number of nitrogens with one attached hydrogen (secondary N) is 3. The van der Waals surface area contributed by atoms with E-state index < -0.39 is 0 Å². The molecule has 132 valence electrons. The maximum atomic E-state index is 12.1. The van der Waals surface area contributed by atoms with E-state index in [2.05, 4.69) is 27.0 Å². The van der Waals surface area contributed by atoms with Gasteiger partial charge in [-0.2, -0.15) is 0 Å². The number of anilines is 2. The Kier molecular flexibility index (Phi) is 5.60. The van der Waals surface area contributed by atoms with Crippen molar-refractivity contribution in [2.45, 2.75) is 19.3 Å². The fraction of sp³-hybridized carbons (Fsp3) is 0.333. The highest BCUT2D eigenvalue weighted by molar-refractivity contribution is 6.31. The highest BCUT2D eigenvalue weighted by atomic mass is 35.5. The van der Waals surface area contributed by atoms with E-state index in [9.17, 15) is 4.79 Å². The van der Waals surface area contributed by atoms with Crippen molar-refractivity contribution in [1.82, 2.24) is 10.3 Å². The van der Waals surface area contributed by atoms with Gasteiger partial charge in [-0.1, -0.05) is 17.7 Å². The third kappa shape index (κ3) is 4.54. The van der Waals surface area contributed by atoms with Crippen molar-refractivity contribution in [1.29, 1.82) is 0 Å². The number of carbonyl (C=O) groups is 1. The van der Waals surface area contributed by atoms with Crippen LogP contribution in [0.2, 0.25) is 5.02 Å². The number of aromatic nitrogens is 1. The van der Waals surface area contributed by atoms with Gasteiger partial charge in [-0.25, -0.2) is 9.78 Å². The minimum atomic E-state index is -0.309. The summed E-state index contributed by atoms with van der Waals surface area (Å²) in [6, 6.07) is 8.89. The van der Waals surface area contributed by atoms with Crippen LogP contribution in [-0.4, -0.2) is 31.2 Å². The van der Waals surface area contributed by atoms with E-state index in [1.807, 2.05) is 6.07 Å². The summed E-state index contributed by atoms with van der Waals surface area (Å²) in [6.07, 6.45) is 2.87. The molecule has 0 unspecified atom stereocenters. The molecule has 0 bridgehead atoms. The number of benzene rings is 1. The lowest BCUT2D eigenvalue weighted by Gasteiger charge is -2.17. The third-order valence-corrected chi connectivity index (χ3v) is 4.26. The molecule has 2 aromatic rings. The van der Waals surface area contributed by atoms with Gasteiger partial charge >= 0.3 is 6.03 Å². The number of halogens is 1. The molecule has 0 aliphatic carbocycles. The monoisotopic (exact) mass is 360 g/mol. The quantitative estimate of drug-likeness (QED) is 0.763. The molecule has 0 spiro atoms. The number of hydrogen-bond acceptors (Lipinski definition) is 4. The van der Waals surface area contributed by atoms with Gasteiger partial charge in [0.25, 0.3) is 0 Å². The SMILES string of the molecule is COc1ccc(Cl)cc1NC(=O)NCCc1ccc2c(n1)NCCC2. The number of fused-ring (bicyclic) bond motifs is 1. The maximum absolute atomic E-state index is 12.1. The zero-order valence-corrected chi connectivity index (χ0v) is 14.8. The van der Waals surface area contributed by atoms with E-state index in [0.717, 1.165) is 30.9 Å². The van der Waals surface area contributed by atoms with E-state index in [1.165, 1.54) is 5.56 Å². The van der Waals surface area contributed by atoms with Crippen LogP contribution in [0.4, 0.5) is 16.3 Å². The van der Waals surface area contributed by atoms with Crippen LogP contribution < -0.4 is 20.7 Å². The van der Waals surface area contributed by atoms with Gasteiger partial charge in [-0.3, -0.25) is 0 Å². The molecule has 0 radical (unpaired) electrons. The summed E-state index contributed by atoms with van der Waals surface area (Å²) in [5.41, 5.74) is 2.74. The predicted octanol–water partition coefficient (Wildman–Crippen LogP) is 3.47. The molecule has 3 rings (SSSR count). The molecular weight excluding hydrogens is 340 g/mol. The Morgan fingerprint density at radius 2 is 2.24 bits per heavy atom. The number of rotatable bonds is 5. The molecule has 0 fully saturated rings. The summed E-state index contributed by atoms with van der Waals surface area (Å²) in [7, 11) is 1.54. The first-order valence-corrected chi connectivity index (χ1v) is 8.64. The van der Waals surface area contributed by atoms with Crippen molar-refractivity contribution < 1.29 is 9.53 Å². The van der Waals surface area contributed by atoms with Gasteiger partial charge in [0.1, 0.15) is 11.6 Å². The van der Waals surface area contributed by atoms with Crippen LogP contribution in [0.25, 0.3) is 0 Å². The summed E-state index contributed by atoms with van der Waals surface area (Å²) >= 11 is 5.96. The average Bonchev–Trinajstić information content (AvgIpc) is 2.62. The Hall–Kier alpha value is -2.47. The largest absolute Gasteiger partial charge is 0.495 e. The Morgan fingerprint density at radius 3 is 3.08 bits per heavy atom. The Bertz CT molecular complexity index is 767. The van der Waals surface area contributed by atoms with Crippen LogP contribution in [0.1, 0.15) is 17.7 Å². The number of pyridine rings is 1. The number of ether oxygens (including phenoxy) is 1. The number of nitrogens with zero attached hydrogens (tertiary/aromatic N) is 1. The molecule has 25 heavy (non-hydrogen) atoms. The molecule has 0 saturated heterocycles. The molecule has 1 aliphatic heterocycles. The first-order valence-electron chi connectivity index (χ1n) is 8.27. The standard InChI is InChI=1S/C18H21ClN4O2/c1-25-16-7-5-13(19)11-15(16)23-18(24)21-10-8-14-6-4-12-3-2-9-20-17(12)22-14/h4-7,11H,2-3,8-10H2,1H3,(H,20,22)(H2,21,23,24). The number of amides is 2. The average molecular weight is 361 g/mol. The van der Waals surface area contributed by atoms with Gasteiger partial charge in [-0.05, 0) is 42.7 Å². The summed E-state index contributed by atoms with van der Waals surface area (Å²) in [5, 5.41) is 9.41. The van der Waals surface area contributed by atoms with Crippen molar-refractivity contribution in [2.24, 2.45) is 0 Å². The normalized spacial score (nSPS) is 12.7. The zero-order chi connectivity index (χ0) is 17.6. The number of aryl methyl sites for hydroxylation is 1. The second kappa shape index (κ2) is 8.07. The summed E-state index contributed by atoms with van der Waals surface area (Å²) in [4.78, 5) is 16.7. The Labute approximate surface area is 151 Å². The van der Waals surface area contributed by atoms with Crippen molar-refractivity contribution >= 4 is 29.1 Å². The molecule has 2 amide bonds. The summed E-state index contributed by atoms with van der Waals surface area (Å²) in [6.45, 7) is 1.45. The highest BCUT2D eigenvalue weighted by Gasteiger charge is 2.11. The van der Waals surface area contributed by atoms with Crippen LogP contribution >= 0.6 is 11.6 Å². The van der Waals surface area contributed by atoms with Crippen molar-refractivity contribution in [3.05, 3.63) is 46.6 Å². The van der Waals surface area contributed by atoms with Crippen LogP contribution in [0.5, 0.6) is 5.75 Å². The van der Waals surface area contributed by atoms with Gasteiger partial charge in [0, 0.05) is 30.2 Å².